The van der Waals surface area contributed by atoms with Crippen LogP contribution in [0.2, 0.25) is 5.02 Å². The van der Waals surface area contributed by atoms with E-state index in [0.29, 0.717) is 16.0 Å². The van der Waals surface area contributed by atoms with Crippen molar-refractivity contribution < 1.29 is 13.6 Å². The average molecular weight is 269 g/mol. The molecule has 1 aromatic rings. The number of carbonyl (C=O) groups excluding carboxylic acids is 1. The van der Waals surface area contributed by atoms with Gasteiger partial charge in [-0.05, 0) is 12.1 Å². The summed E-state index contributed by atoms with van der Waals surface area (Å²) >= 11 is 5.83. The molecule has 0 aliphatic carbocycles. The van der Waals surface area contributed by atoms with E-state index in [1.807, 2.05) is 0 Å². The van der Waals surface area contributed by atoms with E-state index in [9.17, 15) is 13.6 Å². The minimum absolute atomic E-state index is 0.0633. The molecule has 2 nitrogen and oxygen atoms in total. The molecule has 2 radical (unpaired) electrons. The van der Waals surface area contributed by atoms with Gasteiger partial charge in [0.1, 0.15) is 7.85 Å². The van der Waals surface area contributed by atoms with Crippen LogP contribution >= 0.6 is 11.6 Å². The third kappa shape index (κ3) is 2.83. The van der Waals surface area contributed by atoms with E-state index in [4.69, 9.17) is 19.4 Å². The summed E-state index contributed by atoms with van der Waals surface area (Å²) in [5.41, 5.74) is 0.762. The molecule has 1 aromatic carbocycles. The van der Waals surface area contributed by atoms with E-state index < -0.39 is 5.92 Å². The highest BCUT2D eigenvalue weighted by Gasteiger charge is 2.35. The quantitative estimate of drug-likeness (QED) is 0.714. The fraction of sp³-hybridized carbons (Fsp3) is 0.417. The predicted molar refractivity (Wildman–Crippen MR) is 66.9 cm³/mol. The minimum Gasteiger partial charge on any atom is -0.338 e. The zero-order chi connectivity index (χ0) is 13.3. The van der Waals surface area contributed by atoms with Gasteiger partial charge in [-0.1, -0.05) is 23.1 Å². The first-order valence-corrected chi connectivity index (χ1v) is 5.99. The topological polar surface area (TPSA) is 20.3 Å². The van der Waals surface area contributed by atoms with Crippen LogP contribution in [0, 0.1) is 0 Å². The lowest BCUT2D eigenvalue weighted by Crippen LogP contribution is -2.42. The maximum absolute atomic E-state index is 13.0. The number of nitrogens with zero attached hydrogens (tertiary/aromatic N) is 1. The molecule has 2 rings (SSSR count). The average Bonchev–Trinajstić information content (AvgIpc) is 2.32. The summed E-state index contributed by atoms with van der Waals surface area (Å²) in [4.78, 5) is 13.5. The number of carbonyl (C=O) groups is 1. The smallest absolute Gasteiger partial charge is 0.253 e. The van der Waals surface area contributed by atoms with Crippen molar-refractivity contribution in [2.24, 2.45) is 0 Å². The molecule has 0 N–H and O–H groups in total. The van der Waals surface area contributed by atoms with E-state index in [2.05, 4.69) is 0 Å². The zero-order valence-electron chi connectivity index (χ0n) is 9.63. The molecule has 0 saturated carbocycles. The molecule has 0 spiro atoms. The molecule has 1 aliphatic heterocycles. The van der Waals surface area contributed by atoms with Crippen molar-refractivity contribution in [2.45, 2.75) is 18.8 Å². The van der Waals surface area contributed by atoms with Gasteiger partial charge in [-0.3, -0.25) is 4.79 Å². The molecule has 1 fully saturated rings. The third-order valence-electron chi connectivity index (χ3n) is 3.03. The van der Waals surface area contributed by atoms with Gasteiger partial charge in [-0.2, -0.15) is 0 Å². The summed E-state index contributed by atoms with van der Waals surface area (Å²) in [6.07, 6.45) is -0.580. The highest BCUT2D eigenvalue weighted by atomic mass is 35.5. The van der Waals surface area contributed by atoms with Crippen LogP contribution in [0.25, 0.3) is 0 Å². The molecule has 1 aliphatic rings. The van der Waals surface area contributed by atoms with Crippen molar-refractivity contribution in [1.82, 2.24) is 4.90 Å². The molecule has 0 bridgehead atoms. The normalized spacial score (nSPS) is 18.7. The van der Waals surface area contributed by atoms with Crippen LogP contribution < -0.4 is 5.46 Å². The minimum atomic E-state index is -2.66. The van der Waals surface area contributed by atoms with Gasteiger partial charge in [0.15, 0.2) is 0 Å². The molecule has 1 heterocycles. The van der Waals surface area contributed by atoms with E-state index >= 15 is 0 Å². The predicted octanol–water partition coefficient (Wildman–Crippen LogP) is 2.01. The second kappa shape index (κ2) is 4.88. The molecule has 18 heavy (non-hydrogen) atoms. The van der Waals surface area contributed by atoms with Gasteiger partial charge < -0.3 is 4.90 Å². The monoisotopic (exact) mass is 269 g/mol. The number of alkyl halides is 2. The molecular weight excluding hydrogens is 258 g/mol. The Hall–Kier alpha value is -1.10. The number of benzene rings is 1. The Morgan fingerprint density at radius 1 is 1.33 bits per heavy atom. The van der Waals surface area contributed by atoms with Gasteiger partial charge in [0.05, 0.1) is 0 Å². The maximum atomic E-state index is 13.0. The number of hydrogen-bond donors (Lipinski definition) is 0. The molecular formula is C12H11BClF2NO. The van der Waals surface area contributed by atoms with Crippen molar-refractivity contribution in [1.29, 1.82) is 0 Å². The van der Waals surface area contributed by atoms with Crippen LogP contribution in [0.3, 0.4) is 0 Å². The number of amides is 1. The summed E-state index contributed by atoms with van der Waals surface area (Å²) in [5, 5.41) is 0.295. The van der Waals surface area contributed by atoms with Crippen molar-refractivity contribution in [3.63, 3.8) is 0 Å². The van der Waals surface area contributed by atoms with E-state index in [-0.39, 0.29) is 31.8 Å². The van der Waals surface area contributed by atoms with E-state index in [1.54, 1.807) is 6.07 Å². The number of rotatable bonds is 1. The lowest BCUT2D eigenvalue weighted by atomic mass is 9.94. The fourth-order valence-corrected chi connectivity index (χ4v) is 2.06. The maximum Gasteiger partial charge on any atom is 0.253 e. The Labute approximate surface area is 110 Å². The van der Waals surface area contributed by atoms with Crippen molar-refractivity contribution in [2.75, 3.05) is 13.1 Å². The van der Waals surface area contributed by atoms with Gasteiger partial charge in [0.25, 0.3) is 11.8 Å². The fourth-order valence-electron chi connectivity index (χ4n) is 1.88. The Kier molecular flexibility index (Phi) is 3.62. The van der Waals surface area contributed by atoms with Crippen LogP contribution in [-0.4, -0.2) is 37.7 Å². The summed E-state index contributed by atoms with van der Waals surface area (Å²) < 4.78 is 26.0. The van der Waals surface area contributed by atoms with Gasteiger partial charge >= 0.3 is 0 Å². The second-order valence-electron chi connectivity index (χ2n) is 4.38. The Bertz CT molecular complexity index is 471. The van der Waals surface area contributed by atoms with Crippen molar-refractivity contribution >= 4 is 30.8 Å². The number of likely N-dealkylation sites (tertiary alicyclic amines) is 1. The SMILES string of the molecule is [B]c1ccc(C(=O)N2CCC(F)(F)CC2)cc1Cl. The standard InChI is InChI=1S/C12H11BClF2NO/c13-9-2-1-8(7-10(9)14)11(18)17-5-3-12(15,16)4-6-17/h1-2,7H,3-6H2. The third-order valence-corrected chi connectivity index (χ3v) is 3.36. The summed E-state index contributed by atoms with van der Waals surface area (Å²) in [6, 6.07) is 4.55. The molecule has 6 heteroatoms. The van der Waals surface area contributed by atoms with Crippen molar-refractivity contribution in [3.05, 3.63) is 28.8 Å². The summed E-state index contributed by atoms with van der Waals surface area (Å²) in [6.45, 7) is 0.127. The first-order valence-electron chi connectivity index (χ1n) is 5.61. The largest absolute Gasteiger partial charge is 0.338 e. The van der Waals surface area contributed by atoms with Crippen LogP contribution in [0.5, 0.6) is 0 Å². The second-order valence-corrected chi connectivity index (χ2v) is 4.79. The lowest BCUT2D eigenvalue weighted by molar-refractivity contribution is -0.0494. The zero-order valence-corrected chi connectivity index (χ0v) is 10.4. The van der Waals surface area contributed by atoms with Crippen LogP contribution in [0.1, 0.15) is 23.2 Å². The summed E-state index contributed by atoms with van der Waals surface area (Å²) in [5.74, 6) is -2.94. The highest BCUT2D eigenvalue weighted by molar-refractivity contribution is 6.45. The summed E-state index contributed by atoms with van der Waals surface area (Å²) in [7, 11) is 5.55. The van der Waals surface area contributed by atoms with E-state index in [1.165, 1.54) is 17.0 Å². The first kappa shape index (κ1) is 13.3. The first-order chi connectivity index (χ1) is 8.39. The molecule has 0 atom stereocenters. The Balaban J connectivity index is 2.10. The van der Waals surface area contributed by atoms with Gasteiger partial charge in [0, 0.05) is 36.5 Å². The molecule has 1 saturated heterocycles. The number of piperidine rings is 1. The highest BCUT2D eigenvalue weighted by Crippen LogP contribution is 2.28. The Morgan fingerprint density at radius 3 is 2.50 bits per heavy atom. The molecule has 1 amide bonds. The molecule has 94 valence electrons. The Morgan fingerprint density at radius 2 is 1.94 bits per heavy atom. The van der Waals surface area contributed by atoms with Gasteiger partial charge in [-0.15, -0.1) is 0 Å². The lowest BCUT2D eigenvalue weighted by Gasteiger charge is -2.31. The van der Waals surface area contributed by atoms with Gasteiger partial charge in [0.2, 0.25) is 0 Å². The van der Waals surface area contributed by atoms with Crippen molar-refractivity contribution in [3.8, 4) is 0 Å². The van der Waals surface area contributed by atoms with E-state index in [0.717, 1.165) is 0 Å². The molecule has 0 aromatic heterocycles. The number of halogens is 3. The van der Waals surface area contributed by atoms with Crippen LogP contribution in [0.4, 0.5) is 8.78 Å². The molecule has 0 unspecified atom stereocenters. The van der Waals surface area contributed by atoms with Crippen LogP contribution in [0.15, 0.2) is 18.2 Å². The van der Waals surface area contributed by atoms with Crippen LogP contribution in [-0.2, 0) is 0 Å². The number of hydrogen-bond acceptors (Lipinski definition) is 1. The van der Waals surface area contributed by atoms with Gasteiger partial charge in [-0.25, -0.2) is 8.78 Å².